The fraction of sp³-hybridized carbons (Fsp3) is 0.938. The monoisotopic (exact) mass is 295 g/mol. The normalized spacial score (nSPS) is 32.6. The van der Waals surface area contributed by atoms with Crippen molar-refractivity contribution in [3.8, 4) is 0 Å². The zero-order valence-electron chi connectivity index (χ0n) is 13.5. The fourth-order valence-corrected chi connectivity index (χ4v) is 4.23. The minimum Gasteiger partial charge on any atom is -0.379 e. The van der Waals surface area contributed by atoms with E-state index >= 15 is 0 Å². The molecule has 3 heterocycles. The highest BCUT2D eigenvalue weighted by Gasteiger charge is 2.46. The summed E-state index contributed by atoms with van der Waals surface area (Å²) in [5, 5.41) is 3.07. The van der Waals surface area contributed by atoms with Crippen LogP contribution in [0.2, 0.25) is 0 Å². The molecular weight excluding hydrogens is 266 g/mol. The van der Waals surface area contributed by atoms with Crippen LogP contribution in [-0.2, 0) is 9.53 Å². The molecular formula is C16H29N3O2. The Bertz CT molecular complexity index is 393. The number of carbonyl (C=O) groups excluding carboxylic acids is 1. The largest absolute Gasteiger partial charge is 0.379 e. The van der Waals surface area contributed by atoms with E-state index in [1.54, 1.807) is 0 Å². The second kappa shape index (κ2) is 5.86. The van der Waals surface area contributed by atoms with Crippen LogP contribution in [0.4, 0.5) is 0 Å². The van der Waals surface area contributed by atoms with Crippen molar-refractivity contribution >= 4 is 5.91 Å². The molecule has 0 aromatic heterocycles. The molecule has 1 atom stereocenters. The number of hydrogen-bond acceptors (Lipinski definition) is 4. The Kier molecular flexibility index (Phi) is 4.26. The van der Waals surface area contributed by atoms with Gasteiger partial charge in [0.2, 0.25) is 5.91 Å². The summed E-state index contributed by atoms with van der Waals surface area (Å²) in [5.41, 5.74) is 0.0553. The van der Waals surface area contributed by atoms with Crippen LogP contribution in [0.1, 0.15) is 33.1 Å². The fourth-order valence-electron chi connectivity index (χ4n) is 4.23. The van der Waals surface area contributed by atoms with Gasteiger partial charge in [0.15, 0.2) is 0 Å². The quantitative estimate of drug-likeness (QED) is 0.832. The lowest BCUT2D eigenvalue weighted by Gasteiger charge is -2.43. The zero-order valence-corrected chi connectivity index (χ0v) is 13.5. The predicted molar refractivity (Wildman–Crippen MR) is 82.2 cm³/mol. The molecule has 1 amide bonds. The molecule has 21 heavy (non-hydrogen) atoms. The van der Waals surface area contributed by atoms with Crippen molar-refractivity contribution in [2.75, 3.05) is 52.5 Å². The maximum absolute atomic E-state index is 12.3. The lowest BCUT2D eigenvalue weighted by molar-refractivity contribution is -0.132. The maximum Gasteiger partial charge on any atom is 0.227 e. The molecule has 5 heteroatoms. The number of ether oxygens (including phenoxy) is 1. The molecule has 5 nitrogen and oxygen atoms in total. The summed E-state index contributed by atoms with van der Waals surface area (Å²) >= 11 is 0. The Balaban J connectivity index is 1.59. The summed E-state index contributed by atoms with van der Waals surface area (Å²) < 4.78 is 5.46. The summed E-state index contributed by atoms with van der Waals surface area (Å²) in [6.45, 7) is 12.3. The Labute approximate surface area is 128 Å². The molecule has 0 saturated carbocycles. The van der Waals surface area contributed by atoms with E-state index < -0.39 is 0 Å². The number of amides is 1. The van der Waals surface area contributed by atoms with Gasteiger partial charge in [0, 0.05) is 38.3 Å². The molecule has 120 valence electrons. The van der Waals surface area contributed by atoms with Crippen molar-refractivity contribution < 1.29 is 9.53 Å². The third-order valence-electron chi connectivity index (χ3n) is 5.51. The summed E-state index contributed by atoms with van der Waals surface area (Å²) in [6, 6.07) is 0. The van der Waals surface area contributed by atoms with Crippen LogP contribution in [0.25, 0.3) is 0 Å². The highest BCUT2D eigenvalue weighted by Crippen LogP contribution is 2.38. The van der Waals surface area contributed by atoms with Crippen LogP contribution in [0, 0.1) is 5.41 Å². The topological polar surface area (TPSA) is 44.8 Å². The van der Waals surface area contributed by atoms with Crippen LogP contribution in [0.5, 0.6) is 0 Å². The molecule has 0 aromatic carbocycles. The summed E-state index contributed by atoms with van der Waals surface area (Å²) in [6.07, 6.45) is 3.22. The Morgan fingerprint density at radius 3 is 2.71 bits per heavy atom. The molecule has 0 aliphatic carbocycles. The molecule has 3 fully saturated rings. The first-order valence-corrected chi connectivity index (χ1v) is 8.35. The first kappa shape index (κ1) is 15.3. The second-order valence-electron chi connectivity index (χ2n) is 7.51. The van der Waals surface area contributed by atoms with Crippen LogP contribution >= 0.6 is 0 Å². The number of morpholine rings is 1. The number of likely N-dealkylation sites (tertiary alicyclic amines) is 1. The van der Waals surface area contributed by atoms with Crippen LogP contribution in [-0.4, -0.2) is 73.7 Å². The minimum atomic E-state index is -0.0979. The SMILES string of the molecule is CC(C)(CN1CC[C@@]2(CCCNC2=O)C1)N1CCOCC1. The van der Waals surface area contributed by atoms with Crippen molar-refractivity contribution in [2.45, 2.75) is 38.6 Å². The summed E-state index contributed by atoms with van der Waals surface area (Å²) in [5.74, 6) is 0.292. The number of nitrogens with zero attached hydrogens (tertiary/aromatic N) is 2. The number of hydrogen-bond donors (Lipinski definition) is 1. The van der Waals surface area contributed by atoms with Gasteiger partial charge in [-0.05, 0) is 39.7 Å². The van der Waals surface area contributed by atoms with E-state index in [1.165, 1.54) is 0 Å². The molecule has 1 N–H and O–H groups in total. The van der Waals surface area contributed by atoms with Gasteiger partial charge in [0.25, 0.3) is 0 Å². The smallest absolute Gasteiger partial charge is 0.227 e. The minimum absolute atomic E-state index is 0.0979. The van der Waals surface area contributed by atoms with E-state index in [4.69, 9.17) is 4.74 Å². The lowest BCUT2D eigenvalue weighted by Crippen LogP contribution is -2.55. The number of rotatable bonds is 3. The van der Waals surface area contributed by atoms with Gasteiger partial charge in [-0.25, -0.2) is 0 Å². The van der Waals surface area contributed by atoms with Gasteiger partial charge in [0.1, 0.15) is 0 Å². The molecule has 3 rings (SSSR count). The number of carbonyl (C=O) groups is 1. The van der Waals surface area contributed by atoms with Gasteiger partial charge in [0.05, 0.1) is 18.6 Å². The van der Waals surface area contributed by atoms with E-state index in [0.29, 0.717) is 5.91 Å². The van der Waals surface area contributed by atoms with Gasteiger partial charge in [-0.3, -0.25) is 9.69 Å². The highest BCUT2D eigenvalue weighted by molar-refractivity contribution is 5.83. The van der Waals surface area contributed by atoms with E-state index in [0.717, 1.165) is 71.7 Å². The van der Waals surface area contributed by atoms with Crippen LogP contribution in [0.3, 0.4) is 0 Å². The number of piperidine rings is 1. The van der Waals surface area contributed by atoms with Crippen LogP contribution < -0.4 is 5.32 Å². The van der Waals surface area contributed by atoms with Gasteiger partial charge < -0.3 is 15.0 Å². The highest BCUT2D eigenvalue weighted by atomic mass is 16.5. The first-order chi connectivity index (χ1) is 10.0. The molecule has 3 aliphatic rings. The molecule has 0 bridgehead atoms. The van der Waals surface area contributed by atoms with Crippen molar-refractivity contribution in [1.82, 2.24) is 15.1 Å². The Morgan fingerprint density at radius 2 is 2.00 bits per heavy atom. The summed E-state index contributed by atoms with van der Waals surface area (Å²) in [4.78, 5) is 17.3. The molecule has 3 aliphatic heterocycles. The average molecular weight is 295 g/mol. The molecule has 1 spiro atoms. The van der Waals surface area contributed by atoms with Crippen LogP contribution in [0.15, 0.2) is 0 Å². The van der Waals surface area contributed by atoms with Crippen molar-refractivity contribution in [1.29, 1.82) is 0 Å². The van der Waals surface area contributed by atoms with Gasteiger partial charge >= 0.3 is 0 Å². The predicted octanol–water partition coefficient (Wildman–Crippen LogP) is 0.699. The van der Waals surface area contributed by atoms with E-state index in [2.05, 4.69) is 29.0 Å². The Morgan fingerprint density at radius 1 is 1.24 bits per heavy atom. The average Bonchev–Trinajstić information content (AvgIpc) is 2.87. The summed E-state index contributed by atoms with van der Waals surface area (Å²) in [7, 11) is 0. The lowest BCUT2D eigenvalue weighted by atomic mass is 9.79. The molecule has 0 unspecified atom stereocenters. The van der Waals surface area contributed by atoms with Crippen molar-refractivity contribution in [3.05, 3.63) is 0 Å². The van der Waals surface area contributed by atoms with Gasteiger partial charge in [-0.2, -0.15) is 0 Å². The van der Waals surface area contributed by atoms with E-state index in [1.807, 2.05) is 0 Å². The first-order valence-electron chi connectivity index (χ1n) is 8.35. The molecule has 0 radical (unpaired) electrons. The van der Waals surface area contributed by atoms with E-state index in [-0.39, 0.29) is 11.0 Å². The Hall–Kier alpha value is -0.650. The number of nitrogens with one attached hydrogen (secondary N) is 1. The van der Waals surface area contributed by atoms with Crippen molar-refractivity contribution in [3.63, 3.8) is 0 Å². The third-order valence-corrected chi connectivity index (χ3v) is 5.51. The van der Waals surface area contributed by atoms with Crippen molar-refractivity contribution in [2.24, 2.45) is 5.41 Å². The molecule has 3 saturated heterocycles. The zero-order chi connectivity index (χ0) is 14.9. The second-order valence-corrected chi connectivity index (χ2v) is 7.51. The van der Waals surface area contributed by atoms with Gasteiger partial charge in [-0.15, -0.1) is 0 Å². The standard InChI is InChI=1S/C16H29N3O2/c1-15(2,19-8-10-21-11-9-19)12-18-7-5-16(13-18)4-3-6-17-14(16)20/h3-13H2,1-2H3,(H,17,20)/t16-/m0/s1. The van der Waals surface area contributed by atoms with Gasteiger partial charge in [-0.1, -0.05) is 0 Å². The van der Waals surface area contributed by atoms with E-state index in [9.17, 15) is 4.79 Å². The molecule has 0 aromatic rings. The third kappa shape index (κ3) is 3.10. The maximum atomic E-state index is 12.3.